The van der Waals surface area contributed by atoms with E-state index in [1.807, 2.05) is 25.1 Å². The summed E-state index contributed by atoms with van der Waals surface area (Å²) in [6.45, 7) is 4.97. The average Bonchev–Trinajstić information content (AvgIpc) is 2.36. The van der Waals surface area contributed by atoms with Crippen LogP contribution in [0, 0.1) is 11.3 Å². The molecule has 0 aromatic heterocycles. The second-order valence-electron chi connectivity index (χ2n) is 3.48. The van der Waals surface area contributed by atoms with Crippen molar-refractivity contribution in [2.45, 2.75) is 20.4 Å². The number of nitrogens with zero attached hydrogens (tertiary/aromatic N) is 2. The maximum Gasteiger partial charge on any atom is 0.410 e. The number of hydrogen-bond acceptors (Lipinski definition) is 3. The third-order valence-corrected chi connectivity index (χ3v) is 2.41. The van der Waals surface area contributed by atoms with Crippen LogP contribution in [0.15, 0.2) is 24.3 Å². The quantitative estimate of drug-likeness (QED) is 0.801. The standard InChI is InChI=1S/C13H16N2O2/c1-3-15(13(16)17-4-2)10-12-8-6-5-7-11(12)9-14/h5-8H,3-4,10H2,1-2H3. The van der Waals surface area contributed by atoms with Crippen LogP contribution in [-0.4, -0.2) is 24.1 Å². The maximum atomic E-state index is 11.6. The van der Waals surface area contributed by atoms with Gasteiger partial charge in [0.2, 0.25) is 0 Å². The molecule has 0 aliphatic carbocycles. The zero-order valence-electron chi connectivity index (χ0n) is 10.1. The first-order valence-electron chi connectivity index (χ1n) is 5.62. The maximum absolute atomic E-state index is 11.6. The number of rotatable bonds is 4. The van der Waals surface area contributed by atoms with Crippen LogP contribution in [0.4, 0.5) is 4.79 Å². The highest BCUT2D eigenvalue weighted by Crippen LogP contribution is 2.11. The summed E-state index contributed by atoms with van der Waals surface area (Å²) in [5.74, 6) is 0. The van der Waals surface area contributed by atoms with Gasteiger partial charge in [0.1, 0.15) is 0 Å². The molecule has 0 radical (unpaired) electrons. The minimum absolute atomic E-state index is 0.345. The first-order valence-corrected chi connectivity index (χ1v) is 5.62. The minimum Gasteiger partial charge on any atom is -0.450 e. The highest BCUT2D eigenvalue weighted by molar-refractivity contribution is 5.67. The Morgan fingerprint density at radius 1 is 1.41 bits per heavy atom. The Balaban J connectivity index is 2.81. The summed E-state index contributed by atoms with van der Waals surface area (Å²) < 4.78 is 4.94. The predicted octanol–water partition coefficient (Wildman–Crippen LogP) is 2.54. The largest absolute Gasteiger partial charge is 0.450 e. The molecule has 1 amide bonds. The lowest BCUT2D eigenvalue weighted by atomic mass is 10.1. The van der Waals surface area contributed by atoms with Gasteiger partial charge in [0.05, 0.1) is 24.8 Å². The van der Waals surface area contributed by atoms with Gasteiger partial charge in [0.15, 0.2) is 0 Å². The molecule has 0 N–H and O–H groups in total. The molecule has 0 saturated carbocycles. The molecule has 17 heavy (non-hydrogen) atoms. The fourth-order valence-corrected chi connectivity index (χ4v) is 1.49. The van der Waals surface area contributed by atoms with Crippen molar-refractivity contribution in [1.82, 2.24) is 4.90 Å². The minimum atomic E-state index is -0.345. The first kappa shape index (κ1) is 13.0. The second kappa shape index (κ2) is 6.54. The third kappa shape index (κ3) is 3.49. The number of carbonyl (C=O) groups excluding carboxylic acids is 1. The highest BCUT2D eigenvalue weighted by atomic mass is 16.6. The van der Waals surface area contributed by atoms with Crippen molar-refractivity contribution in [3.8, 4) is 6.07 Å². The number of nitriles is 1. The summed E-state index contributed by atoms with van der Waals surface area (Å²) in [6, 6.07) is 9.37. The highest BCUT2D eigenvalue weighted by Gasteiger charge is 2.14. The van der Waals surface area contributed by atoms with Gasteiger partial charge in [-0.1, -0.05) is 18.2 Å². The van der Waals surface area contributed by atoms with Crippen LogP contribution in [0.3, 0.4) is 0 Å². The molecule has 0 fully saturated rings. The fourth-order valence-electron chi connectivity index (χ4n) is 1.49. The normalized spacial score (nSPS) is 9.47. The summed E-state index contributed by atoms with van der Waals surface area (Å²) in [4.78, 5) is 13.2. The Morgan fingerprint density at radius 3 is 2.71 bits per heavy atom. The first-order chi connectivity index (χ1) is 8.22. The van der Waals surface area contributed by atoms with E-state index in [1.165, 1.54) is 0 Å². The molecule has 0 aliphatic heterocycles. The molecule has 0 atom stereocenters. The lowest BCUT2D eigenvalue weighted by Gasteiger charge is -2.20. The summed E-state index contributed by atoms with van der Waals surface area (Å²) in [7, 11) is 0. The average molecular weight is 232 g/mol. The van der Waals surface area contributed by atoms with Gasteiger partial charge in [0, 0.05) is 6.54 Å². The number of ether oxygens (including phenoxy) is 1. The second-order valence-corrected chi connectivity index (χ2v) is 3.48. The van der Waals surface area contributed by atoms with Crippen LogP contribution >= 0.6 is 0 Å². The molecule has 0 aliphatic rings. The van der Waals surface area contributed by atoms with Crippen molar-refractivity contribution in [3.63, 3.8) is 0 Å². The van der Waals surface area contributed by atoms with Gasteiger partial charge in [-0.25, -0.2) is 4.79 Å². The molecule has 1 rings (SSSR count). The molecule has 90 valence electrons. The molecule has 1 aromatic rings. The van der Waals surface area contributed by atoms with Crippen molar-refractivity contribution in [1.29, 1.82) is 5.26 Å². The Hall–Kier alpha value is -2.02. The van der Waals surface area contributed by atoms with Crippen LogP contribution in [0.25, 0.3) is 0 Å². The zero-order valence-corrected chi connectivity index (χ0v) is 10.1. The lowest BCUT2D eigenvalue weighted by molar-refractivity contribution is 0.107. The summed E-state index contributed by atoms with van der Waals surface area (Å²) in [5, 5.41) is 8.96. The Kier molecular flexibility index (Phi) is 5.02. The Morgan fingerprint density at radius 2 is 2.12 bits per heavy atom. The summed E-state index contributed by atoms with van der Waals surface area (Å²) in [5.41, 5.74) is 1.43. The van der Waals surface area contributed by atoms with E-state index >= 15 is 0 Å². The van der Waals surface area contributed by atoms with E-state index in [0.29, 0.717) is 25.3 Å². The Bertz CT molecular complexity index is 424. The topological polar surface area (TPSA) is 53.3 Å². The Labute approximate surface area is 101 Å². The van der Waals surface area contributed by atoms with Gasteiger partial charge < -0.3 is 9.64 Å². The molecule has 4 nitrogen and oxygen atoms in total. The monoisotopic (exact) mass is 232 g/mol. The van der Waals surface area contributed by atoms with Gasteiger partial charge in [-0.3, -0.25) is 0 Å². The van der Waals surface area contributed by atoms with E-state index in [0.717, 1.165) is 5.56 Å². The number of benzene rings is 1. The molecular weight excluding hydrogens is 216 g/mol. The molecule has 0 saturated heterocycles. The van der Waals surface area contributed by atoms with Gasteiger partial charge in [-0.05, 0) is 25.5 Å². The zero-order chi connectivity index (χ0) is 12.7. The van der Waals surface area contributed by atoms with Crippen molar-refractivity contribution in [2.75, 3.05) is 13.2 Å². The summed E-state index contributed by atoms with van der Waals surface area (Å²) >= 11 is 0. The molecule has 0 bridgehead atoms. The lowest BCUT2D eigenvalue weighted by Crippen LogP contribution is -2.31. The molecular formula is C13H16N2O2. The van der Waals surface area contributed by atoms with E-state index < -0.39 is 0 Å². The molecule has 0 unspecified atom stereocenters. The molecule has 0 heterocycles. The predicted molar refractivity (Wildman–Crippen MR) is 64.3 cm³/mol. The van der Waals surface area contributed by atoms with Gasteiger partial charge in [-0.15, -0.1) is 0 Å². The van der Waals surface area contributed by atoms with E-state index in [4.69, 9.17) is 10.00 Å². The van der Waals surface area contributed by atoms with E-state index in [2.05, 4.69) is 6.07 Å². The van der Waals surface area contributed by atoms with Gasteiger partial charge in [-0.2, -0.15) is 5.26 Å². The van der Waals surface area contributed by atoms with Crippen LogP contribution < -0.4 is 0 Å². The van der Waals surface area contributed by atoms with Crippen molar-refractivity contribution >= 4 is 6.09 Å². The summed E-state index contributed by atoms with van der Waals surface area (Å²) in [6.07, 6.45) is -0.345. The van der Waals surface area contributed by atoms with Crippen LogP contribution in [0.1, 0.15) is 25.0 Å². The molecule has 4 heteroatoms. The van der Waals surface area contributed by atoms with Crippen LogP contribution in [0.2, 0.25) is 0 Å². The smallest absolute Gasteiger partial charge is 0.410 e. The SMILES string of the molecule is CCOC(=O)N(CC)Cc1ccccc1C#N. The molecule has 0 spiro atoms. The van der Waals surface area contributed by atoms with Crippen molar-refractivity contribution in [2.24, 2.45) is 0 Å². The number of amides is 1. The van der Waals surface area contributed by atoms with Crippen LogP contribution in [0.5, 0.6) is 0 Å². The van der Waals surface area contributed by atoms with Crippen molar-refractivity contribution in [3.05, 3.63) is 35.4 Å². The fraction of sp³-hybridized carbons (Fsp3) is 0.385. The number of hydrogen-bond donors (Lipinski definition) is 0. The number of carbonyl (C=O) groups is 1. The van der Waals surface area contributed by atoms with E-state index in [1.54, 1.807) is 17.9 Å². The van der Waals surface area contributed by atoms with Crippen LogP contribution in [-0.2, 0) is 11.3 Å². The van der Waals surface area contributed by atoms with Gasteiger partial charge >= 0.3 is 6.09 Å². The van der Waals surface area contributed by atoms with Crippen molar-refractivity contribution < 1.29 is 9.53 Å². The van der Waals surface area contributed by atoms with Gasteiger partial charge in [0.25, 0.3) is 0 Å². The molecule has 1 aromatic carbocycles. The third-order valence-electron chi connectivity index (χ3n) is 2.41. The van der Waals surface area contributed by atoms with E-state index in [-0.39, 0.29) is 6.09 Å². The van der Waals surface area contributed by atoms with E-state index in [9.17, 15) is 4.79 Å².